The molecule has 12 rings (SSSR count). The monoisotopic (exact) mass is 765 g/mol. The number of nitrogens with zero attached hydrogens (tertiary/aromatic N) is 5. The van der Waals surface area contributed by atoms with Crippen molar-refractivity contribution in [3.05, 3.63) is 164 Å². The van der Waals surface area contributed by atoms with E-state index in [-0.39, 0.29) is 0 Å². The second-order valence-electron chi connectivity index (χ2n) is 14.0. The first-order valence-corrected chi connectivity index (χ1v) is 20.3. The van der Waals surface area contributed by atoms with Crippen molar-refractivity contribution >= 4 is 85.1 Å². The molecule has 0 saturated heterocycles. The van der Waals surface area contributed by atoms with Crippen LogP contribution < -0.4 is 0 Å². The summed E-state index contributed by atoms with van der Waals surface area (Å²) in [5, 5.41) is 5.45. The Morgan fingerprint density at radius 1 is 0.368 bits per heavy atom. The summed E-state index contributed by atoms with van der Waals surface area (Å²) in [6, 6.07) is 56.2. The SMILES string of the molecule is c1ccc(-c2nc(-c3ccc4c(c3)sc3cccc(-c5nc(-c6ccccc6)c6sc7ccccc7c6n5)c34)nc(-c3cccc4oc5ccccc5c34)n2)cc1. The Balaban J connectivity index is 1.05. The van der Waals surface area contributed by atoms with Crippen LogP contribution >= 0.6 is 22.7 Å². The van der Waals surface area contributed by atoms with Gasteiger partial charge in [-0.15, -0.1) is 22.7 Å². The zero-order chi connectivity index (χ0) is 37.5. The van der Waals surface area contributed by atoms with Crippen LogP contribution in [0.25, 0.3) is 119 Å². The van der Waals surface area contributed by atoms with Crippen LogP contribution in [0.1, 0.15) is 0 Å². The molecule has 0 N–H and O–H groups in total. The van der Waals surface area contributed by atoms with Crippen molar-refractivity contribution in [3.8, 4) is 56.8 Å². The Bertz CT molecular complexity index is 3540. The zero-order valence-corrected chi connectivity index (χ0v) is 31.7. The Morgan fingerprint density at radius 3 is 1.84 bits per heavy atom. The summed E-state index contributed by atoms with van der Waals surface area (Å²) in [4.78, 5) is 26.0. The predicted molar refractivity (Wildman–Crippen MR) is 236 cm³/mol. The first-order chi connectivity index (χ1) is 28.2. The van der Waals surface area contributed by atoms with Gasteiger partial charge in [0.15, 0.2) is 23.3 Å². The Kier molecular flexibility index (Phi) is 7.17. The van der Waals surface area contributed by atoms with E-state index < -0.39 is 0 Å². The molecule has 7 aromatic carbocycles. The highest BCUT2D eigenvalue weighted by molar-refractivity contribution is 7.26. The molecule has 0 spiro atoms. The van der Waals surface area contributed by atoms with Gasteiger partial charge < -0.3 is 4.42 Å². The molecule has 0 aliphatic carbocycles. The first-order valence-electron chi connectivity index (χ1n) is 18.7. The Morgan fingerprint density at radius 2 is 1.00 bits per heavy atom. The lowest BCUT2D eigenvalue weighted by atomic mass is 10.0. The van der Waals surface area contributed by atoms with Crippen molar-refractivity contribution in [1.29, 1.82) is 0 Å². The zero-order valence-electron chi connectivity index (χ0n) is 30.0. The van der Waals surface area contributed by atoms with Gasteiger partial charge in [-0.25, -0.2) is 24.9 Å². The highest BCUT2D eigenvalue weighted by atomic mass is 32.1. The minimum Gasteiger partial charge on any atom is -0.456 e. The standard InChI is InChI=1S/C49H27N5OS2/c1-3-13-28(14-4-1)43-45-44(33-18-8-10-23-38(33)57-45)51-48(50-43)35-20-12-24-39-42(35)32-26-25-30(27-40(32)56-39)47-52-46(29-15-5-2-6-16-29)53-49(54-47)34-19-11-22-37-41(34)31-17-7-9-21-36(31)55-37/h1-27H. The summed E-state index contributed by atoms with van der Waals surface area (Å²) in [5.74, 6) is 2.53. The molecule has 5 aromatic heterocycles. The summed E-state index contributed by atoms with van der Waals surface area (Å²) < 4.78 is 10.8. The molecule has 0 fully saturated rings. The quantitative estimate of drug-likeness (QED) is 0.174. The van der Waals surface area contributed by atoms with E-state index >= 15 is 0 Å². The number of fused-ring (bicyclic) bond motifs is 9. The first kappa shape index (κ1) is 32.1. The maximum absolute atomic E-state index is 6.25. The van der Waals surface area contributed by atoms with Gasteiger partial charge in [0.05, 0.1) is 15.9 Å². The molecule has 0 aliphatic heterocycles. The maximum Gasteiger partial charge on any atom is 0.164 e. The van der Waals surface area contributed by atoms with E-state index in [1.807, 2.05) is 66.7 Å². The third-order valence-corrected chi connectivity index (χ3v) is 12.9. The molecule has 0 saturated carbocycles. The van der Waals surface area contributed by atoms with Crippen molar-refractivity contribution in [2.24, 2.45) is 0 Å². The van der Waals surface area contributed by atoms with Gasteiger partial charge in [0.1, 0.15) is 11.2 Å². The normalized spacial score (nSPS) is 11.9. The van der Waals surface area contributed by atoms with Crippen LogP contribution in [0.2, 0.25) is 0 Å². The van der Waals surface area contributed by atoms with Gasteiger partial charge in [-0.2, -0.15) is 0 Å². The van der Waals surface area contributed by atoms with Gasteiger partial charge in [0.25, 0.3) is 0 Å². The van der Waals surface area contributed by atoms with E-state index in [9.17, 15) is 0 Å². The van der Waals surface area contributed by atoms with Crippen molar-refractivity contribution in [2.45, 2.75) is 0 Å². The van der Waals surface area contributed by atoms with Crippen LogP contribution in [0.5, 0.6) is 0 Å². The average molecular weight is 766 g/mol. The molecule has 0 radical (unpaired) electrons. The van der Waals surface area contributed by atoms with Crippen LogP contribution in [0.4, 0.5) is 0 Å². The van der Waals surface area contributed by atoms with Crippen LogP contribution in [0.3, 0.4) is 0 Å². The number of benzene rings is 7. The van der Waals surface area contributed by atoms with Crippen molar-refractivity contribution in [2.75, 3.05) is 0 Å². The summed E-state index contributed by atoms with van der Waals surface area (Å²) >= 11 is 3.51. The van der Waals surface area contributed by atoms with Crippen molar-refractivity contribution in [3.63, 3.8) is 0 Å². The lowest BCUT2D eigenvalue weighted by Gasteiger charge is -2.10. The number of hydrogen-bond acceptors (Lipinski definition) is 8. The van der Waals surface area contributed by atoms with E-state index in [0.29, 0.717) is 17.5 Å². The van der Waals surface area contributed by atoms with Crippen LogP contribution in [-0.2, 0) is 0 Å². The Labute approximate surface area is 333 Å². The molecule has 266 valence electrons. The van der Waals surface area contributed by atoms with Gasteiger partial charge in [-0.3, -0.25) is 0 Å². The number of rotatable bonds is 5. The molecule has 57 heavy (non-hydrogen) atoms. The van der Waals surface area contributed by atoms with E-state index in [4.69, 9.17) is 29.3 Å². The van der Waals surface area contributed by atoms with Gasteiger partial charge in [0.2, 0.25) is 0 Å². The molecule has 6 nitrogen and oxygen atoms in total. The largest absolute Gasteiger partial charge is 0.456 e. The summed E-state index contributed by atoms with van der Waals surface area (Å²) in [5.41, 5.74) is 8.38. The summed E-state index contributed by atoms with van der Waals surface area (Å²) in [7, 11) is 0. The minimum absolute atomic E-state index is 0.595. The summed E-state index contributed by atoms with van der Waals surface area (Å²) in [6.45, 7) is 0. The highest BCUT2D eigenvalue weighted by Gasteiger charge is 2.21. The van der Waals surface area contributed by atoms with E-state index in [0.717, 1.165) is 92.3 Å². The highest BCUT2D eigenvalue weighted by Crippen LogP contribution is 2.44. The molecule has 0 atom stereocenters. The molecule has 0 aliphatic rings. The Hall–Kier alpha value is -7.13. The van der Waals surface area contributed by atoms with E-state index in [2.05, 4.69) is 97.1 Å². The van der Waals surface area contributed by atoms with Crippen LogP contribution in [-0.4, -0.2) is 24.9 Å². The number of aromatic nitrogens is 5. The van der Waals surface area contributed by atoms with E-state index in [1.54, 1.807) is 22.7 Å². The second kappa shape index (κ2) is 12.7. The molecule has 8 heteroatoms. The third-order valence-electron chi connectivity index (χ3n) is 10.6. The molecule has 12 aromatic rings. The van der Waals surface area contributed by atoms with Gasteiger partial charge >= 0.3 is 0 Å². The fraction of sp³-hybridized carbons (Fsp3) is 0. The van der Waals surface area contributed by atoms with Crippen molar-refractivity contribution in [1.82, 2.24) is 24.9 Å². The number of hydrogen-bond donors (Lipinski definition) is 0. The van der Waals surface area contributed by atoms with Crippen LogP contribution in [0.15, 0.2) is 168 Å². The predicted octanol–water partition coefficient (Wildman–Crippen LogP) is 13.6. The second-order valence-corrected chi connectivity index (χ2v) is 16.1. The average Bonchev–Trinajstić information content (AvgIpc) is 3.97. The van der Waals surface area contributed by atoms with Crippen molar-refractivity contribution < 1.29 is 4.42 Å². The topological polar surface area (TPSA) is 77.6 Å². The van der Waals surface area contributed by atoms with Gasteiger partial charge in [-0.05, 0) is 30.3 Å². The number of furan rings is 1. The maximum atomic E-state index is 6.25. The minimum atomic E-state index is 0.595. The number of thiophene rings is 2. The number of para-hydroxylation sites is 1. The van der Waals surface area contributed by atoms with Gasteiger partial charge in [0, 0.05) is 68.8 Å². The van der Waals surface area contributed by atoms with Gasteiger partial charge in [-0.1, -0.05) is 133 Å². The molecular weight excluding hydrogens is 739 g/mol. The fourth-order valence-corrected chi connectivity index (χ4v) is 10.3. The lowest BCUT2D eigenvalue weighted by Crippen LogP contribution is -2.00. The van der Waals surface area contributed by atoms with Crippen LogP contribution in [0, 0.1) is 0 Å². The molecule has 0 unspecified atom stereocenters. The molecule has 0 bridgehead atoms. The molecular formula is C49H27N5OS2. The fourth-order valence-electron chi connectivity index (χ4n) is 7.96. The third kappa shape index (κ3) is 5.19. The molecule has 5 heterocycles. The summed E-state index contributed by atoms with van der Waals surface area (Å²) in [6.07, 6.45) is 0. The smallest absolute Gasteiger partial charge is 0.164 e. The molecule has 0 amide bonds. The lowest BCUT2D eigenvalue weighted by molar-refractivity contribution is 0.669. The van der Waals surface area contributed by atoms with E-state index in [1.165, 1.54) is 9.40 Å².